The van der Waals surface area contributed by atoms with Crippen LogP contribution < -0.4 is 0 Å². The van der Waals surface area contributed by atoms with Crippen LogP contribution in [0.25, 0.3) is 0 Å². The zero-order valence-electron chi connectivity index (χ0n) is 19.5. The first-order valence-corrected chi connectivity index (χ1v) is 11.3. The SMILES string of the molecule is CCCCCCCC[C@H](CCCN=C=O)C(OC(C)C)(OC(C)C)OC(C)C. The van der Waals surface area contributed by atoms with Crippen LogP contribution >= 0.6 is 0 Å². The second-order valence-electron chi connectivity index (χ2n) is 8.47. The molecular weight excluding hydrogens is 354 g/mol. The van der Waals surface area contributed by atoms with Crippen molar-refractivity contribution >= 4 is 6.08 Å². The Morgan fingerprint density at radius 3 is 1.68 bits per heavy atom. The van der Waals surface area contributed by atoms with E-state index in [9.17, 15) is 4.79 Å². The van der Waals surface area contributed by atoms with E-state index in [1.165, 1.54) is 32.1 Å². The van der Waals surface area contributed by atoms with Gasteiger partial charge in [-0.15, -0.1) is 0 Å². The summed E-state index contributed by atoms with van der Waals surface area (Å²) in [5, 5.41) is 0. The van der Waals surface area contributed by atoms with Gasteiger partial charge in [0.2, 0.25) is 6.08 Å². The van der Waals surface area contributed by atoms with Gasteiger partial charge in [0.05, 0.1) is 24.9 Å². The van der Waals surface area contributed by atoms with Crippen molar-refractivity contribution in [1.29, 1.82) is 0 Å². The van der Waals surface area contributed by atoms with E-state index in [1.807, 2.05) is 41.5 Å². The van der Waals surface area contributed by atoms with Crippen LogP contribution in [0.3, 0.4) is 0 Å². The monoisotopic (exact) mass is 399 g/mol. The summed E-state index contributed by atoms with van der Waals surface area (Å²) < 4.78 is 19.0. The van der Waals surface area contributed by atoms with Gasteiger partial charge in [-0.25, -0.2) is 9.79 Å². The van der Waals surface area contributed by atoms with Crippen LogP contribution in [0.5, 0.6) is 0 Å². The normalized spacial score (nSPS) is 13.4. The van der Waals surface area contributed by atoms with Crippen molar-refractivity contribution in [2.24, 2.45) is 10.9 Å². The number of hydrogen-bond donors (Lipinski definition) is 0. The maximum Gasteiger partial charge on any atom is 0.286 e. The Bertz CT molecular complexity index is 390. The molecule has 0 saturated carbocycles. The molecule has 0 rings (SSSR count). The fourth-order valence-corrected chi connectivity index (χ4v) is 3.49. The summed E-state index contributed by atoms with van der Waals surface area (Å²) in [6, 6.07) is 0. The van der Waals surface area contributed by atoms with Crippen molar-refractivity contribution in [2.45, 2.75) is 131 Å². The number of unbranched alkanes of at least 4 members (excludes halogenated alkanes) is 5. The molecule has 0 aliphatic rings. The Kier molecular flexibility index (Phi) is 15.7. The highest BCUT2D eigenvalue weighted by Crippen LogP contribution is 2.37. The fraction of sp³-hybridized carbons (Fsp3) is 0.957. The molecule has 0 N–H and O–H groups in total. The number of isocyanates is 1. The van der Waals surface area contributed by atoms with Gasteiger partial charge in [-0.2, -0.15) is 0 Å². The van der Waals surface area contributed by atoms with Crippen molar-refractivity contribution in [2.75, 3.05) is 6.54 Å². The third-order valence-corrected chi connectivity index (χ3v) is 4.49. The minimum absolute atomic E-state index is 0.0162. The Morgan fingerprint density at radius 1 is 0.750 bits per heavy atom. The summed E-state index contributed by atoms with van der Waals surface area (Å²) in [7, 11) is 0. The summed E-state index contributed by atoms with van der Waals surface area (Å²) in [6.45, 7) is 14.8. The molecule has 0 heterocycles. The molecule has 5 heteroatoms. The number of aliphatic imine (C=N–C) groups is 1. The molecule has 0 aliphatic carbocycles. The van der Waals surface area contributed by atoms with E-state index >= 15 is 0 Å². The molecule has 0 aliphatic heterocycles. The molecular formula is C23H45NO4. The van der Waals surface area contributed by atoms with Gasteiger partial charge in [0.25, 0.3) is 5.97 Å². The predicted molar refractivity (Wildman–Crippen MR) is 115 cm³/mol. The van der Waals surface area contributed by atoms with E-state index < -0.39 is 5.97 Å². The summed E-state index contributed by atoms with van der Waals surface area (Å²) in [6.07, 6.45) is 11.7. The van der Waals surface area contributed by atoms with Gasteiger partial charge in [-0.3, -0.25) is 0 Å². The molecule has 0 radical (unpaired) electrons. The van der Waals surface area contributed by atoms with Gasteiger partial charge in [-0.1, -0.05) is 45.4 Å². The van der Waals surface area contributed by atoms with E-state index in [1.54, 1.807) is 6.08 Å². The second-order valence-corrected chi connectivity index (χ2v) is 8.47. The maximum atomic E-state index is 10.4. The maximum absolute atomic E-state index is 10.4. The number of nitrogens with zero attached hydrogens (tertiary/aromatic N) is 1. The van der Waals surface area contributed by atoms with Crippen LogP contribution in [0.15, 0.2) is 4.99 Å². The van der Waals surface area contributed by atoms with E-state index in [0.717, 1.165) is 25.7 Å². The lowest BCUT2D eigenvalue weighted by Gasteiger charge is -2.43. The van der Waals surface area contributed by atoms with E-state index in [2.05, 4.69) is 11.9 Å². The predicted octanol–water partition coefficient (Wildman–Crippen LogP) is 6.40. The highest BCUT2D eigenvalue weighted by molar-refractivity contribution is 5.32. The number of ether oxygens (including phenoxy) is 3. The van der Waals surface area contributed by atoms with Crippen LogP contribution in [0.4, 0.5) is 0 Å². The molecule has 28 heavy (non-hydrogen) atoms. The van der Waals surface area contributed by atoms with Gasteiger partial charge in [0, 0.05) is 5.92 Å². The molecule has 0 unspecified atom stereocenters. The van der Waals surface area contributed by atoms with E-state index in [4.69, 9.17) is 14.2 Å². The van der Waals surface area contributed by atoms with Gasteiger partial charge in [0.1, 0.15) is 0 Å². The largest absolute Gasteiger partial charge is 0.324 e. The highest BCUT2D eigenvalue weighted by atomic mass is 16.9. The summed E-state index contributed by atoms with van der Waals surface area (Å²) in [4.78, 5) is 14.1. The third-order valence-electron chi connectivity index (χ3n) is 4.49. The lowest BCUT2D eigenvalue weighted by Crippen LogP contribution is -2.51. The number of carbonyl (C=O) groups excluding carboxylic acids is 1. The molecule has 5 nitrogen and oxygen atoms in total. The Balaban J connectivity index is 5.33. The first-order chi connectivity index (χ1) is 13.3. The molecule has 0 aromatic carbocycles. The van der Waals surface area contributed by atoms with Crippen LogP contribution in [-0.2, 0) is 19.0 Å². The molecule has 1 atom stereocenters. The number of rotatable bonds is 18. The Morgan fingerprint density at radius 2 is 1.21 bits per heavy atom. The molecule has 0 saturated heterocycles. The second kappa shape index (κ2) is 16.1. The molecule has 0 fully saturated rings. The molecule has 0 amide bonds. The van der Waals surface area contributed by atoms with E-state index in [-0.39, 0.29) is 24.2 Å². The van der Waals surface area contributed by atoms with Gasteiger partial charge >= 0.3 is 0 Å². The van der Waals surface area contributed by atoms with Crippen molar-refractivity contribution in [3.63, 3.8) is 0 Å². The standard InChI is InChI=1S/C23H45NO4/c1-8-9-10-11-12-13-15-22(16-14-17-24-18-25)23(26-19(2)3,27-20(4)5)28-21(6)7/h19-22H,8-17H2,1-7H3/t22-/m1/s1. The minimum Gasteiger partial charge on any atom is -0.324 e. The smallest absolute Gasteiger partial charge is 0.286 e. The molecule has 166 valence electrons. The lowest BCUT2D eigenvalue weighted by atomic mass is 9.92. The topological polar surface area (TPSA) is 57.1 Å². The number of hydrogen-bond acceptors (Lipinski definition) is 5. The molecule has 0 spiro atoms. The summed E-state index contributed by atoms with van der Waals surface area (Å²) >= 11 is 0. The van der Waals surface area contributed by atoms with Crippen molar-refractivity contribution < 1.29 is 19.0 Å². The highest BCUT2D eigenvalue weighted by Gasteiger charge is 2.44. The van der Waals surface area contributed by atoms with Crippen LogP contribution in [0.1, 0.15) is 106 Å². The van der Waals surface area contributed by atoms with Crippen molar-refractivity contribution in [1.82, 2.24) is 0 Å². The quantitative estimate of drug-likeness (QED) is 0.116. The van der Waals surface area contributed by atoms with Crippen molar-refractivity contribution in [3.05, 3.63) is 0 Å². The average molecular weight is 400 g/mol. The zero-order valence-corrected chi connectivity index (χ0v) is 19.5. The van der Waals surface area contributed by atoms with Crippen LogP contribution in [0.2, 0.25) is 0 Å². The van der Waals surface area contributed by atoms with Crippen molar-refractivity contribution in [3.8, 4) is 0 Å². The molecule has 0 bridgehead atoms. The van der Waals surface area contributed by atoms with Crippen LogP contribution in [0, 0.1) is 5.92 Å². The summed E-state index contributed by atoms with van der Waals surface area (Å²) in [5.41, 5.74) is 0. The lowest BCUT2D eigenvalue weighted by molar-refractivity contribution is -0.433. The van der Waals surface area contributed by atoms with Gasteiger partial charge in [-0.05, 0) is 60.8 Å². The Labute approximate surface area is 173 Å². The third kappa shape index (κ3) is 12.7. The van der Waals surface area contributed by atoms with E-state index in [0.29, 0.717) is 6.54 Å². The van der Waals surface area contributed by atoms with Gasteiger partial charge < -0.3 is 14.2 Å². The average Bonchev–Trinajstić information content (AvgIpc) is 2.57. The van der Waals surface area contributed by atoms with Crippen LogP contribution in [-0.4, -0.2) is 36.9 Å². The Hall–Kier alpha value is -0.740. The first-order valence-electron chi connectivity index (χ1n) is 11.3. The minimum atomic E-state index is -1.06. The van der Waals surface area contributed by atoms with Gasteiger partial charge in [0.15, 0.2) is 0 Å². The molecule has 0 aromatic rings. The zero-order chi connectivity index (χ0) is 21.4. The summed E-state index contributed by atoms with van der Waals surface area (Å²) in [5.74, 6) is -0.974. The molecule has 0 aromatic heterocycles. The fourth-order valence-electron chi connectivity index (χ4n) is 3.49. The first kappa shape index (κ1) is 27.3.